The van der Waals surface area contributed by atoms with Crippen LogP contribution in [0.1, 0.15) is 44.9 Å². The first-order chi connectivity index (χ1) is 9.72. The zero-order valence-corrected chi connectivity index (χ0v) is 12.3. The first-order valence-electron chi connectivity index (χ1n) is 7.81. The van der Waals surface area contributed by atoms with Gasteiger partial charge in [0.15, 0.2) is 0 Å². The standard InChI is InChI=1S/C15H26N2O3/c1-20-15(19)13(11-5-3-2-4-6-11)17-14(18)12-7-9-16-10-8-12/h11-13,16H,2-10H2,1H3,(H,17,18). The zero-order chi connectivity index (χ0) is 14.4. The maximum Gasteiger partial charge on any atom is 0.328 e. The van der Waals surface area contributed by atoms with Crippen molar-refractivity contribution in [2.24, 2.45) is 11.8 Å². The van der Waals surface area contributed by atoms with Crippen molar-refractivity contribution in [1.29, 1.82) is 0 Å². The number of hydrogen-bond acceptors (Lipinski definition) is 4. The molecule has 0 aromatic carbocycles. The lowest BCUT2D eigenvalue weighted by Gasteiger charge is -2.31. The summed E-state index contributed by atoms with van der Waals surface area (Å²) in [5.74, 6) is 0.000482. The van der Waals surface area contributed by atoms with Gasteiger partial charge in [0.2, 0.25) is 5.91 Å². The van der Waals surface area contributed by atoms with E-state index in [0.717, 1.165) is 51.6 Å². The second-order valence-corrected chi connectivity index (χ2v) is 5.93. The van der Waals surface area contributed by atoms with Crippen LogP contribution < -0.4 is 10.6 Å². The van der Waals surface area contributed by atoms with Crippen LogP contribution in [-0.4, -0.2) is 38.1 Å². The molecule has 0 radical (unpaired) electrons. The highest BCUT2D eigenvalue weighted by Crippen LogP contribution is 2.27. The molecule has 1 heterocycles. The maximum atomic E-state index is 12.3. The van der Waals surface area contributed by atoms with Gasteiger partial charge in [-0.2, -0.15) is 0 Å². The van der Waals surface area contributed by atoms with E-state index >= 15 is 0 Å². The van der Waals surface area contributed by atoms with E-state index in [9.17, 15) is 9.59 Å². The second kappa shape index (κ2) is 7.62. The number of esters is 1. The third kappa shape index (κ3) is 3.95. The van der Waals surface area contributed by atoms with E-state index in [4.69, 9.17) is 4.74 Å². The van der Waals surface area contributed by atoms with Crippen LogP contribution in [0.4, 0.5) is 0 Å². The first kappa shape index (κ1) is 15.3. The monoisotopic (exact) mass is 282 g/mol. The summed E-state index contributed by atoms with van der Waals surface area (Å²) < 4.78 is 4.89. The highest BCUT2D eigenvalue weighted by molar-refractivity contribution is 5.86. The van der Waals surface area contributed by atoms with Crippen molar-refractivity contribution in [3.63, 3.8) is 0 Å². The Morgan fingerprint density at radius 1 is 1.10 bits per heavy atom. The molecular weight excluding hydrogens is 256 g/mol. The SMILES string of the molecule is COC(=O)C(NC(=O)C1CCNCC1)C1CCCCC1. The molecule has 0 aromatic rings. The number of carbonyl (C=O) groups excluding carboxylic acids is 2. The van der Waals surface area contributed by atoms with Gasteiger partial charge in [0, 0.05) is 5.92 Å². The molecule has 2 rings (SSSR count). The summed E-state index contributed by atoms with van der Waals surface area (Å²) in [6.07, 6.45) is 7.22. The fraction of sp³-hybridized carbons (Fsp3) is 0.867. The number of hydrogen-bond donors (Lipinski definition) is 2. The summed E-state index contributed by atoms with van der Waals surface area (Å²) in [6.45, 7) is 1.76. The highest BCUT2D eigenvalue weighted by atomic mass is 16.5. The Morgan fingerprint density at radius 3 is 2.35 bits per heavy atom. The molecule has 1 saturated heterocycles. The van der Waals surface area contributed by atoms with Crippen molar-refractivity contribution >= 4 is 11.9 Å². The minimum absolute atomic E-state index is 0.0208. The molecule has 2 N–H and O–H groups in total. The zero-order valence-electron chi connectivity index (χ0n) is 12.3. The van der Waals surface area contributed by atoms with E-state index in [2.05, 4.69) is 10.6 Å². The van der Waals surface area contributed by atoms with Crippen LogP contribution in [0.25, 0.3) is 0 Å². The molecule has 1 atom stereocenters. The minimum Gasteiger partial charge on any atom is -0.467 e. The van der Waals surface area contributed by atoms with Crippen molar-refractivity contribution in [2.75, 3.05) is 20.2 Å². The molecule has 0 spiro atoms. The molecule has 0 bridgehead atoms. The summed E-state index contributed by atoms with van der Waals surface area (Å²) in [6, 6.07) is -0.456. The van der Waals surface area contributed by atoms with Crippen molar-refractivity contribution in [3.8, 4) is 0 Å². The number of methoxy groups -OCH3 is 1. The van der Waals surface area contributed by atoms with E-state index < -0.39 is 6.04 Å². The van der Waals surface area contributed by atoms with Crippen LogP contribution in [0, 0.1) is 11.8 Å². The Bertz CT molecular complexity index is 334. The highest BCUT2D eigenvalue weighted by Gasteiger charge is 2.33. The summed E-state index contributed by atoms with van der Waals surface area (Å²) in [5.41, 5.74) is 0. The number of rotatable bonds is 4. The van der Waals surface area contributed by atoms with Crippen molar-refractivity contribution in [1.82, 2.24) is 10.6 Å². The van der Waals surface area contributed by atoms with Gasteiger partial charge in [-0.25, -0.2) is 4.79 Å². The van der Waals surface area contributed by atoms with Gasteiger partial charge in [-0.3, -0.25) is 4.79 Å². The predicted molar refractivity (Wildman–Crippen MR) is 76.1 cm³/mol. The van der Waals surface area contributed by atoms with Gasteiger partial charge in [-0.05, 0) is 44.7 Å². The lowest BCUT2D eigenvalue weighted by Crippen LogP contribution is -2.50. The van der Waals surface area contributed by atoms with E-state index in [1.54, 1.807) is 0 Å². The maximum absolute atomic E-state index is 12.3. The summed E-state index contributed by atoms with van der Waals surface area (Å²) in [4.78, 5) is 24.3. The molecule has 114 valence electrons. The van der Waals surface area contributed by atoms with Crippen LogP contribution in [0.3, 0.4) is 0 Å². The van der Waals surface area contributed by atoms with Crippen molar-refractivity contribution in [2.45, 2.75) is 51.0 Å². The largest absolute Gasteiger partial charge is 0.467 e. The van der Waals surface area contributed by atoms with Crippen LogP contribution in [-0.2, 0) is 14.3 Å². The van der Waals surface area contributed by atoms with E-state index in [1.807, 2.05) is 0 Å². The molecule has 5 heteroatoms. The van der Waals surface area contributed by atoms with E-state index in [-0.39, 0.29) is 23.7 Å². The second-order valence-electron chi connectivity index (χ2n) is 5.93. The lowest BCUT2D eigenvalue weighted by atomic mass is 9.83. The molecule has 1 aliphatic heterocycles. The lowest BCUT2D eigenvalue weighted by molar-refractivity contribution is -0.147. The number of carbonyl (C=O) groups is 2. The van der Waals surface area contributed by atoms with Crippen molar-refractivity contribution in [3.05, 3.63) is 0 Å². The Hall–Kier alpha value is -1.10. The number of amides is 1. The molecular formula is C15H26N2O3. The fourth-order valence-corrected chi connectivity index (χ4v) is 3.32. The molecule has 2 fully saturated rings. The Kier molecular flexibility index (Phi) is 5.83. The van der Waals surface area contributed by atoms with E-state index in [0.29, 0.717) is 0 Å². The quantitative estimate of drug-likeness (QED) is 0.761. The average Bonchev–Trinajstić information content (AvgIpc) is 2.53. The molecule has 1 amide bonds. The van der Waals surface area contributed by atoms with Gasteiger partial charge < -0.3 is 15.4 Å². The molecule has 1 saturated carbocycles. The smallest absolute Gasteiger partial charge is 0.328 e. The molecule has 5 nitrogen and oxygen atoms in total. The molecule has 0 aromatic heterocycles. The molecule has 1 unspecified atom stereocenters. The number of piperidine rings is 1. The van der Waals surface area contributed by atoms with E-state index in [1.165, 1.54) is 13.5 Å². The number of ether oxygens (including phenoxy) is 1. The Labute approximate surface area is 120 Å². The summed E-state index contributed by atoms with van der Waals surface area (Å²) in [7, 11) is 1.40. The first-order valence-corrected chi connectivity index (χ1v) is 7.81. The topological polar surface area (TPSA) is 67.4 Å². The average molecular weight is 282 g/mol. The van der Waals surface area contributed by atoms with Gasteiger partial charge in [-0.1, -0.05) is 19.3 Å². The summed E-state index contributed by atoms with van der Waals surface area (Å²) in [5, 5.41) is 6.21. The molecule has 1 aliphatic carbocycles. The van der Waals surface area contributed by atoms with Gasteiger partial charge in [0.1, 0.15) is 6.04 Å². The van der Waals surface area contributed by atoms with Gasteiger partial charge >= 0.3 is 5.97 Å². The summed E-state index contributed by atoms with van der Waals surface area (Å²) >= 11 is 0. The van der Waals surface area contributed by atoms with Crippen LogP contribution >= 0.6 is 0 Å². The third-order valence-corrected chi connectivity index (χ3v) is 4.58. The van der Waals surface area contributed by atoms with Crippen LogP contribution in [0.5, 0.6) is 0 Å². The molecule has 2 aliphatic rings. The third-order valence-electron chi connectivity index (χ3n) is 4.58. The Morgan fingerprint density at radius 2 is 1.75 bits per heavy atom. The van der Waals surface area contributed by atoms with Gasteiger partial charge in [-0.15, -0.1) is 0 Å². The fourth-order valence-electron chi connectivity index (χ4n) is 3.32. The van der Waals surface area contributed by atoms with Crippen LogP contribution in [0.2, 0.25) is 0 Å². The van der Waals surface area contributed by atoms with Crippen molar-refractivity contribution < 1.29 is 14.3 Å². The number of nitrogens with one attached hydrogen (secondary N) is 2. The van der Waals surface area contributed by atoms with Gasteiger partial charge in [0.25, 0.3) is 0 Å². The molecule has 20 heavy (non-hydrogen) atoms. The van der Waals surface area contributed by atoms with Crippen LogP contribution in [0.15, 0.2) is 0 Å². The minimum atomic E-state index is -0.456. The normalized spacial score (nSPS) is 23.1. The van der Waals surface area contributed by atoms with Gasteiger partial charge in [0.05, 0.1) is 7.11 Å². The Balaban J connectivity index is 1.95. The predicted octanol–water partition coefficient (Wildman–Crippen LogP) is 1.22.